The van der Waals surface area contributed by atoms with Gasteiger partial charge in [-0.3, -0.25) is 4.79 Å². The maximum Gasteiger partial charge on any atom is 0.287 e. The molecule has 0 fully saturated rings. The van der Waals surface area contributed by atoms with Crippen molar-refractivity contribution in [1.29, 1.82) is 0 Å². The number of methoxy groups -OCH3 is 1. The maximum absolute atomic E-state index is 12.4. The molecular weight excluding hydrogens is 368 g/mol. The zero-order chi connectivity index (χ0) is 19.3. The van der Waals surface area contributed by atoms with Gasteiger partial charge in [0.05, 0.1) is 12.0 Å². The first-order valence-electron chi connectivity index (χ1n) is 8.12. The van der Waals surface area contributed by atoms with Gasteiger partial charge in [0, 0.05) is 18.3 Å². The molecule has 140 valence electrons. The number of amides is 1. The van der Waals surface area contributed by atoms with E-state index in [1.165, 1.54) is 31.4 Å². The molecule has 1 aromatic carbocycles. The van der Waals surface area contributed by atoms with E-state index in [4.69, 9.17) is 9.15 Å². The number of furan rings is 1. The third-order valence-corrected chi connectivity index (χ3v) is 5.46. The van der Waals surface area contributed by atoms with Crippen LogP contribution in [-0.2, 0) is 22.1 Å². The van der Waals surface area contributed by atoms with Crippen molar-refractivity contribution in [3.8, 4) is 5.88 Å². The number of hydrogen-bond donors (Lipinski definition) is 1. The Bertz CT molecular complexity index is 1030. The number of carbonyl (C=O) groups excluding carboxylic acids is 1. The van der Waals surface area contributed by atoms with Crippen LogP contribution in [0.15, 0.2) is 70.1 Å². The van der Waals surface area contributed by atoms with E-state index in [2.05, 4.69) is 10.3 Å². The minimum Gasteiger partial charge on any atom is -0.481 e. The summed E-state index contributed by atoms with van der Waals surface area (Å²) in [5, 5.41) is 2.70. The molecule has 0 saturated carbocycles. The zero-order valence-electron chi connectivity index (χ0n) is 14.6. The summed E-state index contributed by atoms with van der Waals surface area (Å²) >= 11 is 0. The van der Waals surface area contributed by atoms with Crippen LogP contribution in [0.4, 0.5) is 0 Å². The van der Waals surface area contributed by atoms with Crippen LogP contribution in [0.25, 0.3) is 0 Å². The molecule has 0 aliphatic rings. The Balaban J connectivity index is 1.66. The van der Waals surface area contributed by atoms with Gasteiger partial charge in [0.25, 0.3) is 5.91 Å². The second-order valence-electron chi connectivity index (χ2n) is 5.69. The molecule has 0 bridgehead atoms. The lowest BCUT2D eigenvalue weighted by molar-refractivity contribution is 0.0921. The van der Waals surface area contributed by atoms with Crippen LogP contribution >= 0.6 is 0 Å². The highest BCUT2D eigenvalue weighted by atomic mass is 32.2. The molecule has 0 atom stereocenters. The highest BCUT2D eigenvalue weighted by molar-refractivity contribution is 7.90. The summed E-state index contributed by atoms with van der Waals surface area (Å²) in [6, 6.07) is 14.6. The fraction of sp³-hybridized carbons (Fsp3) is 0.158. The highest BCUT2D eigenvalue weighted by Crippen LogP contribution is 2.18. The van der Waals surface area contributed by atoms with Crippen molar-refractivity contribution < 1.29 is 22.4 Å². The van der Waals surface area contributed by atoms with Crippen LogP contribution in [-0.4, -0.2) is 26.4 Å². The van der Waals surface area contributed by atoms with E-state index in [1.807, 2.05) is 0 Å². The summed E-state index contributed by atoms with van der Waals surface area (Å²) in [6.07, 6.45) is 1.59. The van der Waals surface area contributed by atoms with E-state index < -0.39 is 15.7 Å². The van der Waals surface area contributed by atoms with Crippen LogP contribution in [0.5, 0.6) is 5.88 Å². The lowest BCUT2D eigenvalue weighted by atomic mass is 10.2. The van der Waals surface area contributed by atoms with Gasteiger partial charge in [0.15, 0.2) is 15.6 Å². The van der Waals surface area contributed by atoms with Gasteiger partial charge < -0.3 is 14.5 Å². The van der Waals surface area contributed by atoms with Crippen molar-refractivity contribution in [2.75, 3.05) is 7.11 Å². The third kappa shape index (κ3) is 4.53. The molecule has 2 aromatic heterocycles. The second kappa shape index (κ2) is 8.05. The summed E-state index contributed by atoms with van der Waals surface area (Å²) in [6.45, 7) is 0.203. The summed E-state index contributed by atoms with van der Waals surface area (Å²) in [4.78, 5) is 16.5. The average Bonchev–Trinajstić information content (AvgIpc) is 3.15. The summed E-state index contributed by atoms with van der Waals surface area (Å²) in [5.41, 5.74) is 0.715. The number of rotatable bonds is 7. The third-order valence-electron chi connectivity index (χ3n) is 3.80. The summed E-state index contributed by atoms with van der Waals surface area (Å²) in [5.74, 6) is -0.115. The number of nitrogens with zero attached hydrogens (tertiary/aromatic N) is 1. The Morgan fingerprint density at radius 1 is 1.11 bits per heavy atom. The molecule has 27 heavy (non-hydrogen) atoms. The molecule has 7 nitrogen and oxygen atoms in total. The van der Waals surface area contributed by atoms with Crippen molar-refractivity contribution >= 4 is 15.7 Å². The van der Waals surface area contributed by atoms with Crippen LogP contribution < -0.4 is 10.1 Å². The van der Waals surface area contributed by atoms with Gasteiger partial charge in [-0.05, 0) is 30.3 Å². The van der Waals surface area contributed by atoms with Crippen LogP contribution in [0, 0.1) is 0 Å². The summed E-state index contributed by atoms with van der Waals surface area (Å²) < 4.78 is 35.3. The number of ether oxygens (including phenoxy) is 1. The molecule has 0 saturated heterocycles. The van der Waals surface area contributed by atoms with Gasteiger partial charge >= 0.3 is 0 Å². The normalized spacial score (nSPS) is 11.1. The minimum absolute atomic E-state index is 0.0381. The fourth-order valence-corrected chi connectivity index (χ4v) is 3.75. The molecule has 3 rings (SSSR count). The van der Waals surface area contributed by atoms with E-state index in [1.54, 1.807) is 36.5 Å². The minimum atomic E-state index is -3.54. The van der Waals surface area contributed by atoms with Crippen LogP contribution in [0.2, 0.25) is 0 Å². The summed E-state index contributed by atoms with van der Waals surface area (Å²) in [7, 11) is -2.04. The van der Waals surface area contributed by atoms with Crippen molar-refractivity contribution in [2.24, 2.45) is 0 Å². The molecule has 1 amide bonds. The van der Waals surface area contributed by atoms with Crippen molar-refractivity contribution in [2.45, 2.75) is 17.2 Å². The molecule has 1 N–H and O–H groups in total. The predicted molar refractivity (Wildman–Crippen MR) is 98.0 cm³/mol. The van der Waals surface area contributed by atoms with E-state index >= 15 is 0 Å². The number of aromatic nitrogens is 1. The Hall–Kier alpha value is -3.13. The monoisotopic (exact) mass is 386 g/mol. The number of hydrogen-bond acceptors (Lipinski definition) is 6. The van der Waals surface area contributed by atoms with Gasteiger partial charge in [-0.2, -0.15) is 0 Å². The second-order valence-corrected chi connectivity index (χ2v) is 7.68. The smallest absolute Gasteiger partial charge is 0.287 e. The zero-order valence-corrected chi connectivity index (χ0v) is 15.4. The van der Waals surface area contributed by atoms with E-state index in [9.17, 15) is 13.2 Å². The molecular formula is C19H18N2O5S. The van der Waals surface area contributed by atoms with Crippen molar-refractivity contribution in [3.05, 3.63) is 77.9 Å². The van der Waals surface area contributed by atoms with Gasteiger partial charge in [-0.1, -0.05) is 24.3 Å². The standard InChI is InChI=1S/C19H18N2O5S/c1-25-19-14(6-5-11-20-19)12-21-18(22)17-10-9-15(26-17)13-27(23,24)16-7-3-2-4-8-16/h2-11H,12-13H2,1H3,(H,21,22). The molecule has 3 aromatic rings. The van der Waals surface area contributed by atoms with Crippen molar-refractivity contribution in [3.63, 3.8) is 0 Å². The molecule has 8 heteroatoms. The molecule has 0 aliphatic carbocycles. The van der Waals surface area contributed by atoms with E-state index in [0.717, 1.165) is 0 Å². The maximum atomic E-state index is 12.4. The Labute approximate surface area is 156 Å². The number of sulfone groups is 1. The Morgan fingerprint density at radius 2 is 1.89 bits per heavy atom. The van der Waals surface area contributed by atoms with Crippen LogP contribution in [0.1, 0.15) is 21.9 Å². The highest BCUT2D eigenvalue weighted by Gasteiger charge is 2.19. The quantitative estimate of drug-likeness (QED) is 0.670. The predicted octanol–water partition coefficient (Wildman–Crippen LogP) is 2.59. The molecule has 0 aliphatic heterocycles. The van der Waals surface area contributed by atoms with Gasteiger partial charge in [0.2, 0.25) is 5.88 Å². The first-order chi connectivity index (χ1) is 13.0. The first kappa shape index (κ1) is 18.7. The topological polar surface area (TPSA) is 98.5 Å². The van der Waals surface area contributed by atoms with E-state index in [-0.39, 0.29) is 28.7 Å². The van der Waals surface area contributed by atoms with Crippen molar-refractivity contribution in [1.82, 2.24) is 10.3 Å². The van der Waals surface area contributed by atoms with Gasteiger partial charge in [-0.25, -0.2) is 13.4 Å². The molecule has 2 heterocycles. The fourth-order valence-electron chi connectivity index (χ4n) is 2.48. The van der Waals surface area contributed by atoms with Gasteiger partial charge in [0.1, 0.15) is 11.5 Å². The number of benzene rings is 1. The number of carbonyl (C=O) groups is 1. The van der Waals surface area contributed by atoms with Crippen LogP contribution in [0.3, 0.4) is 0 Å². The first-order valence-corrected chi connectivity index (χ1v) is 9.77. The number of pyridine rings is 1. The number of nitrogens with one attached hydrogen (secondary N) is 1. The molecule has 0 unspecified atom stereocenters. The average molecular weight is 386 g/mol. The Morgan fingerprint density at radius 3 is 2.63 bits per heavy atom. The van der Waals surface area contributed by atoms with E-state index in [0.29, 0.717) is 11.4 Å². The lowest BCUT2D eigenvalue weighted by Gasteiger charge is -2.07. The lowest BCUT2D eigenvalue weighted by Crippen LogP contribution is -2.22. The van der Waals surface area contributed by atoms with Gasteiger partial charge in [-0.15, -0.1) is 0 Å². The SMILES string of the molecule is COc1ncccc1CNC(=O)c1ccc(CS(=O)(=O)c2ccccc2)o1. The molecule has 0 radical (unpaired) electrons. The largest absolute Gasteiger partial charge is 0.481 e. The Kier molecular flexibility index (Phi) is 5.56. The molecule has 0 spiro atoms.